The van der Waals surface area contributed by atoms with Gasteiger partial charge in [-0.3, -0.25) is 13.9 Å². The van der Waals surface area contributed by atoms with E-state index in [0.717, 1.165) is 4.57 Å². The molecule has 0 saturated carbocycles. The molecule has 96 valence electrons. The third-order valence-electron chi connectivity index (χ3n) is 2.32. The molecule has 0 aliphatic carbocycles. The first-order chi connectivity index (χ1) is 7.95. The Balaban J connectivity index is 0.000000437. The molecule has 0 aliphatic heterocycles. The van der Waals surface area contributed by atoms with Crippen molar-refractivity contribution in [3.05, 3.63) is 27.2 Å². The van der Waals surface area contributed by atoms with Crippen molar-refractivity contribution in [1.29, 1.82) is 0 Å². The van der Waals surface area contributed by atoms with Crippen LogP contribution in [0.3, 0.4) is 0 Å². The monoisotopic (exact) mass is 576 g/mol. The zero-order valence-electron chi connectivity index (χ0n) is 9.35. The fraction of sp³-hybridized carbons (Fsp3) is 0.375. The van der Waals surface area contributed by atoms with E-state index in [1.807, 2.05) is 0 Å². The van der Waals surface area contributed by atoms with Gasteiger partial charge in [-0.15, -0.1) is 0 Å². The van der Waals surface area contributed by atoms with Gasteiger partial charge in [0.15, 0.2) is 11.2 Å². The average Bonchev–Trinajstić information content (AvgIpc) is 2.67. The second kappa shape index (κ2) is 6.49. The molecule has 0 fully saturated rings. The summed E-state index contributed by atoms with van der Waals surface area (Å²) in [4.78, 5) is 27.2. The predicted molar refractivity (Wildman–Crippen MR) is 94.7 cm³/mol. The van der Waals surface area contributed by atoms with Gasteiger partial charge in [-0.1, -0.05) is 0 Å². The van der Waals surface area contributed by atoms with Crippen LogP contribution in [-0.4, -0.2) is 18.7 Å². The number of halogens is 3. The van der Waals surface area contributed by atoms with Gasteiger partial charge in [0.25, 0.3) is 5.56 Å². The molecule has 0 radical (unpaired) electrons. The summed E-state index contributed by atoms with van der Waals surface area (Å²) in [5, 5.41) is 0. The predicted octanol–water partition coefficient (Wildman–Crippen LogP) is 1.36. The maximum absolute atomic E-state index is 11.7. The number of aromatic nitrogens is 4. The quantitative estimate of drug-likeness (QED) is 0.446. The number of fused-ring (bicyclic) bond motifs is 1. The van der Waals surface area contributed by atoms with Gasteiger partial charge in [0.05, 0.1) is 6.33 Å². The first-order valence-corrected chi connectivity index (χ1v) is 18.0. The number of hydrogen-bond donors (Lipinski definition) is 0. The van der Waals surface area contributed by atoms with Gasteiger partial charge in [0.1, 0.15) is 0 Å². The van der Waals surface area contributed by atoms with E-state index in [-0.39, 0.29) is 11.2 Å². The summed E-state index contributed by atoms with van der Waals surface area (Å²) in [6.45, 7) is 0. The van der Waals surface area contributed by atoms with Crippen LogP contribution < -0.4 is 11.2 Å². The van der Waals surface area contributed by atoms with E-state index in [1.54, 1.807) is 18.7 Å². The molecule has 0 N–H and O–H groups in total. The average molecular weight is 576 g/mol. The summed E-state index contributed by atoms with van der Waals surface area (Å²) in [6, 6.07) is 0. The molecular formula is C8H11I3N4O2. The van der Waals surface area contributed by atoms with Gasteiger partial charge in [-0.05, 0) is 0 Å². The Morgan fingerprint density at radius 3 is 2.24 bits per heavy atom. The van der Waals surface area contributed by atoms with Crippen LogP contribution in [0.4, 0.5) is 0 Å². The van der Waals surface area contributed by atoms with E-state index >= 15 is 0 Å². The molecule has 0 unspecified atom stereocenters. The molecule has 0 aromatic carbocycles. The minimum atomic E-state index is -0.360. The number of aryl methyl sites for hydroxylation is 2. The van der Waals surface area contributed by atoms with Crippen molar-refractivity contribution in [3.63, 3.8) is 0 Å². The summed E-state index contributed by atoms with van der Waals surface area (Å²) in [6.07, 6.45) is 1.52. The van der Waals surface area contributed by atoms with Crippen LogP contribution in [0.2, 0.25) is 0 Å². The second-order valence-corrected chi connectivity index (χ2v) is 20.8. The zero-order valence-corrected chi connectivity index (χ0v) is 16.0. The molecular weight excluding hydrogens is 565 g/mol. The molecule has 9 heteroatoms. The van der Waals surface area contributed by atoms with Gasteiger partial charge in [0.2, 0.25) is 0 Å². The molecule has 0 atom stereocenters. The van der Waals surface area contributed by atoms with Crippen molar-refractivity contribution in [2.75, 3.05) is 0 Å². The van der Waals surface area contributed by atoms with E-state index in [4.69, 9.17) is 0 Å². The van der Waals surface area contributed by atoms with Crippen LogP contribution in [0.5, 0.6) is 0 Å². The molecule has 6 nitrogen and oxygen atoms in total. The standard InChI is InChI=1S/C8H10N4O2.HI3/c1-10-4-9-6-5(10)7(13)12(3)8(14)11(6)2;1-3-2/h4H,1-3H3;3H. The van der Waals surface area contributed by atoms with Gasteiger partial charge in [-0.2, -0.15) is 0 Å². The zero-order chi connectivity index (χ0) is 13.2. The normalized spacial score (nSPS) is 10.4. The van der Waals surface area contributed by atoms with Crippen molar-refractivity contribution >= 4 is 61.7 Å². The van der Waals surface area contributed by atoms with Gasteiger partial charge < -0.3 is 4.57 Å². The minimum absolute atomic E-state index is 0.317. The molecule has 2 rings (SSSR count). The molecule has 0 aliphatic rings. The van der Waals surface area contributed by atoms with E-state index < -0.39 is 0 Å². The summed E-state index contributed by atoms with van der Waals surface area (Å²) < 4.78 is 4.04. The Kier molecular flexibility index (Phi) is 5.88. The number of nitrogens with zero attached hydrogens (tertiary/aromatic N) is 4. The fourth-order valence-electron chi connectivity index (χ4n) is 1.47. The Hall–Kier alpha value is 0.340. The van der Waals surface area contributed by atoms with Crippen LogP contribution >= 0.6 is 50.5 Å². The Morgan fingerprint density at radius 2 is 1.71 bits per heavy atom. The molecule has 2 aromatic rings. The molecule has 0 saturated heterocycles. The molecule has 2 aromatic heterocycles. The van der Waals surface area contributed by atoms with E-state index in [1.165, 1.54) is 17.9 Å². The van der Waals surface area contributed by atoms with Crippen LogP contribution in [0.25, 0.3) is 11.2 Å². The summed E-state index contributed by atoms with van der Waals surface area (Å²) in [7, 11) is 4.77. The van der Waals surface area contributed by atoms with Gasteiger partial charge in [-0.25, -0.2) is 9.78 Å². The van der Waals surface area contributed by atoms with Crippen molar-refractivity contribution in [3.8, 4) is 0 Å². The molecule has 2 heterocycles. The van der Waals surface area contributed by atoms with Crippen molar-refractivity contribution in [1.82, 2.24) is 18.7 Å². The van der Waals surface area contributed by atoms with Gasteiger partial charge >= 0.3 is 56.2 Å². The topological polar surface area (TPSA) is 61.8 Å². The SMILES string of the molecule is Cn1c(=O)c2c(ncn2C)n(C)c1=O.I[IH]I. The van der Waals surface area contributed by atoms with Crippen molar-refractivity contribution in [2.45, 2.75) is 0 Å². The second-order valence-electron chi connectivity index (χ2n) is 3.29. The molecule has 17 heavy (non-hydrogen) atoms. The molecule has 0 bridgehead atoms. The first-order valence-electron chi connectivity index (χ1n) is 4.42. The Labute approximate surface area is 127 Å². The van der Waals surface area contributed by atoms with Gasteiger partial charge in [0, 0.05) is 21.1 Å². The van der Waals surface area contributed by atoms with Crippen molar-refractivity contribution < 1.29 is 0 Å². The fourth-order valence-corrected chi connectivity index (χ4v) is 1.47. The van der Waals surface area contributed by atoms with Crippen LogP contribution in [0.15, 0.2) is 15.9 Å². The summed E-state index contributed by atoms with van der Waals surface area (Å²) >= 11 is 5.22. The number of hydrogen-bond acceptors (Lipinski definition) is 3. The third-order valence-corrected chi connectivity index (χ3v) is 2.32. The maximum atomic E-state index is 11.7. The summed E-state index contributed by atoms with van der Waals surface area (Å²) in [5.74, 6) is 0. The van der Waals surface area contributed by atoms with E-state index in [2.05, 4.69) is 42.2 Å². The molecule has 0 amide bonds. The van der Waals surface area contributed by atoms with E-state index in [9.17, 15) is 9.59 Å². The number of rotatable bonds is 0. The van der Waals surface area contributed by atoms with Crippen LogP contribution in [-0.2, 0) is 21.1 Å². The summed E-state index contributed by atoms with van der Waals surface area (Å²) in [5.41, 5.74) is 0.180. The van der Waals surface area contributed by atoms with Crippen LogP contribution in [0, 0.1) is 0 Å². The van der Waals surface area contributed by atoms with E-state index in [0.29, 0.717) is 24.4 Å². The first kappa shape index (κ1) is 15.4. The Morgan fingerprint density at radius 1 is 1.18 bits per heavy atom. The third kappa shape index (κ3) is 3.02. The Bertz CT molecular complexity index is 642. The number of imidazole rings is 1. The van der Waals surface area contributed by atoms with Crippen LogP contribution in [0.1, 0.15) is 0 Å². The van der Waals surface area contributed by atoms with Crippen molar-refractivity contribution in [2.24, 2.45) is 21.1 Å². The molecule has 0 spiro atoms.